The summed E-state index contributed by atoms with van der Waals surface area (Å²) in [5.41, 5.74) is 4.23. The maximum atomic E-state index is 13.6. The first kappa shape index (κ1) is 21.4. The van der Waals surface area contributed by atoms with Crippen LogP contribution in [-0.2, 0) is 18.9 Å². The van der Waals surface area contributed by atoms with Gasteiger partial charge in [-0.2, -0.15) is 0 Å². The molecule has 0 bridgehead atoms. The molecule has 2 aromatic carbocycles. The quantitative estimate of drug-likeness (QED) is 0.795. The van der Waals surface area contributed by atoms with E-state index in [0.29, 0.717) is 11.1 Å². The predicted octanol–water partition coefficient (Wildman–Crippen LogP) is 3.00. The molecule has 0 aromatic heterocycles. The van der Waals surface area contributed by atoms with Gasteiger partial charge in [0.25, 0.3) is 0 Å². The van der Waals surface area contributed by atoms with Crippen molar-refractivity contribution in [2.45, 2.75) is 57.8 Å². The van der Waals surface area contributed by atoms with Gasteiger partial charge in [0.15, 0.2) is 12.6 Å². The molecular formula is C23H27FO6. The van der Waals surface area contributed by atoms with Crippen LogP contribution in [0.15, 0.2) is 36.4 Å². The second kappa shape index (κ2) is 8.70. The molecule has 2 heterocycles. The van der Waals surface area contributed by atoms with Crippen LogP contribution in [0.2, 0.25) is 0 Å². The van der Waals surface area contributed by atoms with Gasteiger partial charge in [-0.25, -0.2) is 4.39 Å². The minimum absolute atomic E-state index is 0.213. The Kier molecular flexibility index (Phi) is 6.20. The zero-order chi connectivity index (χ0) is 21.4. The molecule has 2 fully saturated rings. The number of aryl methyl sites for hydroxylation is 3. The SMILES string of the molecule is Cc1ccc(C2O[C@H]([C@H](O)CO)[C@@H]3OC(c4ccc(F)c(C)c4)OC[C@@H]3O2)cc1C. The van der Waals surface area contributed by atoms with Crippen molar-refractivity contribution < 1.29 is 33.6 Å². The van der Waals surface area contributed by atoms with E-state index in [1.54, 1.807) is 19.1 Å². The van der Waals surface area contributed by atoms with E-state index in [2.05, 4.69) is 0 Å². The average Bonchev–Trinajstić information content (AvgIpc) is 2.75. The molecular weight excluding hydrogens is 391 g/mol. The van der Waals surface area contributed by atoms with Crippen LogP contribution < -0.4 is 0 Å². The number of aliphatic hydroxyl groups excluding tert-OH is 2. The summed E-state index contributed by atoms with van der Waals surface area (Å²) in [4.78, 5) is 0. The number of aliphatic hydroxyl groups is 2. The van der Waals surface area contributed by atoms with Crippen LogP contribution in [-0.4, -0.2) is 47.8 Å². The molecule has 0 radical (unpaired) electrons. The van der Waals surface area contributed by atoms with Crippen molar-refractivity contribution in [3.05, 3.63) is 70.0 Å². The Bertz CT molecular complexity index is 901. The van der Waals surface area contributed by atoms with Gasteiger partial charge in [0.1, 0.15) is 30.2 Å². The molecule has 2 aliphatic rings. The molecule has 6 atom stereocenters. The number of ether oxygens (including phenoxy) is 4. The Labute approximate surface area is 175 Å². The molecule has 2 N–H and O–H groups in total. The van der Waals surface area contributed by atoms with Crippen LogP contribution in [0.4, 0.5) is 4.39 Å². The van der Waals surface area contributed by atoms with Crippen molar-refractivity contribution in [3.63, 3.8) is 0 Å². The van der Waals surface area contributed by atoms with E-state index in [-0.39, 0.29) is 12.4 Å². The van der Waals surface area contributed by atoms with E-state index >= 15 is 0 Å². The molecule has 0 spiro atoms. The van der Waals surface area contributed by atoms with Crippen LogP contribution in [0.1, 0.15) is 40.4 Å². The van der Waals surface area contributed by atoms with E-state index < -0.39 is 43.6 Å². The van der Waals surface area contributed by atoms with Gasteiger partial charge in [0.2, 0.25) is 0 Å². The fraction of sp³-hybridized carbons (Fsp3) is 0.478. The fourth-order valence-corrected chi connectivity index (χ4v) is 3.83. The maximum absolute atomic E-state index is 13.6. The van der Waals surface area contributed by atoms with Gasteiger partial charge >= 0.3 is 0 Å². The Hall–Kier alpha value is -1.87. The zero-order valence-electron chi connectivity index (χ0n) is 17.2. The molecule has 2 aromatic rings. The summed E-state index contributed by atoms with van der Waals surface area (Å²) in [6.45, 7) is 5.44. The highest BCUT2D eigenvalue weighted by molar-refractivity contribution is 5.31. The molecule has 6 nitrogen and oxygen atoms in total. The van der Waals surface area contributed by atoms with E-state index in [1.807, 2.05) is 32.0 Å². The maximum Gasteiger partial charge on any atom is 0.184 e. The summed E-state index contributed by atoms with van der Waals surface area (Å²) in [5.74, 6) is -0.304. The smallest absolute Gasteiger partial charge is 0.184 e. The number of hydrogen-bond donors (Lipinski definition) is 2. The molecule has 4 rings (SSSR count). The first-order chi connectivity index (χ1) is 14.4. The predicted molar refractivity (Wildman–Crippen MR) is 106 cm³/mol. The van der Waals surface area contributed by atoms with Crippen molar-refractivity contribution in [2.75, 3.05) is 13.2 Å². The lowest BCUT2D eigenvalue weighted by Gasteiger charge is -2.47. The summed E-state index contributed by atoms with van der Waals surface area (Å²) < 4.78 is 37.7. The first-order valence-corrected chi connectivity index (χ1v) is 10.1. The van der Waals surface area contributed by atoms with Gasteiger partial charge in [0.05, 0.1) is 13.2 Å². The second-order valence-corrected chi connectivity index (χ2v) is 7.98. The monoisotopic (exact) mass is 418 g/mol. The van der Waals surface area contributed by atoms with Gasteiger partial charge < -0.3 is 29.2 Å². The minimum Gasteiger partial charge on any atom is -0.394 e. The van der Waals surface area contributed by atoms with Gasteiger partial charge in [-0.15, -0.1) is 0 Å². The average molecular weight is 418 g/mol. The molecule has 30 heavy (non-hydrogen) atoms. The summed E-state index contributed by atoms with van der Waals surface area (Å²) in [6.07, 6.45) is -4.57. The Morgan fingerprint density at radius 2 is 1.63 bits per heavy atom. The number of hydrogen-bond acceptors (Lipinski definition) is 6. The van der Waals surface area contributed by atoms with Gasteiger partial charge in [-0.3, -0.25) is 0 Å². The molecule has 2 aliphatic heterocycles. The number of fused-ring (bicyclic) bond motifs is 1. The Morgan fingerprint density at radius 1 is 0.933 bits per heavy atom. The fourth-order valence-electron chi connectivity index (χ4n) is 3.83. The Morgan fingerprint density at radius 3 is 2.33 bits per heavy atom. The lowest BCUT2D eigenvalue weighted by molar-refractivity contribution is -0.373. The molecule has 7 heteroatoms. The third-order valence-corrected chi connectivity index (χ3v) is 5.79. The molecule has 0 saturated carbocycles. The van der Waals surface area contributed by atoms with Crippen LogP contribution in [0.3, 0.4) is 0 Å². The number of rotatable bonds is 4. The lowest BCUT2D eigenvalue weighted by Crippen LogP contribution is -2.58. The third kappa shape index (κ3) is 4.14. The first-order valence-electron chi connectivity index (χ1n) is 10.1. The Balaban J connectivity index is 1.57. The highest BCUT2D eigenvalue weighted by Crippen LogP contribution is 2.39. The highest BCUT2D eigenvalue weighted by atomic mass is 19.1. The van der Waals surface area contributed by atoms with E-state index in [4.69, 9.17) is 18.9 Å². The van der Waals surface area contributed by atoms with Crippen LogP contribution in [0, 0.1) is 26.6 Å². The van der Waals surface area contributed by atoms with Crippen molar-refractivity contribution in [1.82, 2.24) is 0 Å². The molecule has 162 valence electrons. The second-order valence-electron chi connectivity index (χ2n) is 7.98. The largest absolute Gasteiger partial charge is 0.394 e. The highest BCUT2D eigenvalue weighted by Gasteiger charge is 2.48. The van der Waals surface area contributed by atoms with E-state index in [9.17, 15) is 14.6 Å². The molecule has 0 amide bonds. The normalized spacial score (nSPS) is 30.0. The van der Waals surface area contributed by atoms with Crippen molar-refractivity contribution in [2.24, 2.45) is 0 Å². The standard InChI is InChI=1S/C23H27FO6/c1-12-4-5-16(8-13(12)2)23-28-19-11-27-22(15-6-7-17(24)14(3)9-15)30-21(19)20(29-23)18(26)10-25/h4-9,18-23,25-26H,10-11H2,1-3H3/t18-,19+,20-,21-,22?,23?/m1/s1. The summed E-state index contributed by atoms with van der Waals surface area (Å²) in [6, 6.07) is 10.5. The third-order valence-electron chi connectivity index (χ3n) is 5.79. The van der Waals surface area contributed by atoms with Crippen LogP contribution in [0.25, 0.3) is 0 Å². The summed E-state index contributed by atoms with van der Waals surface area (Å²) >= 11 is 0. The minimum atomic E-state index is -1.15. The van der Waals surface area contributed by atoms with Gasteiger partial charge in [-0.05, 0) is 49.6 Å². The van der Waals surface area contributed by atoms with E-state index in [0.717, 1.165) is 16.7 Å². The van der Waals surface area contributed by atoms with Crippen molar-refractivity contribution in [3.8, 4) is 0 Å². The lowest BCUT2D eigenvalue weighted by atomic mass is 9.99. The summed E-state index contributed by atoms with van der Waals surface area (Å²) in [5, 5.41) is 20.0. The molecule has 2 saturated heterocycles. The van der Waals surface area contributed by atoms with Crippen LogP contribution >= 0.6 is 0 Å². The van der Waals surface area contributed by atoms with Crippen LogP contribution in [0.5, 0.6) is 0 Å². The molecule has 0 aliphatic carbocycles. The van der Waals surface area contributed by atoms with Gasteiger partial charge in [-0.1, -0.05) is 24.3 Å². The van der Waals surface area contributed by atoms with E-state index in [1.165, 1.54) is 6.07 Å². The zero-order valence-corrected chi connectivity index (χ0v) is 17.2. The summed E-state index contributed by atoms with van der Waals surface area (Å²) in [7, 11) is 0. The van der Waals surface area contributed by atoms with Crippen molar-refractivity contribution in [1.29, 1.82) is 0 Å². The van der Waals surface area contributed by atoms with Crippen molar-refractivity contribution >= 4 is 0 Å². The molecule has 2 unspecified atom stereocenters. The van der Waals surface area contributed by atoms with Gasteiger partial charge in [0, 0.05) is 11.1 Å². The topological polar surface area (TPSA) is 77.4 Å². The number of halogens is 1. The number of benzene rings is 2.